The second kappa shape index (κ2) is 9.09. The topological polar surface area (TPSA) is 92.8 Å². The van der Waals surface area contributed by atoms with Crippen molar-refractivity contribution in [2.24, 2.45) is 11.8 Å². The summed E-state index contributed by atoms with van der Waals surface area (Å²) in [5.41, 5.74) is -1.09. The van der Waals surface area contributed by atoms with Crippen LogP contribution in [0, 0.1) is 17.7 Å². The second-order valence-electron chi connectivity index (χ2n) is 9.84. The molecule has 3 aliphatic rings. The molecule has 0 aromatic heterocycles. The summed E-state index contributed by atoms with van der Waals surface area (Å²) in [7, 11) is -3.55. The first-order valence-corrected chi connectivity index (χ1v) is 13.6. The van der Waals surface area contributed by atoms with Gasteiger partial charge in [0, 0.05) is 29.3 Å². The number of carbonyl (C=O) groups is 2. The third-order valence-corrected chi connectivity index (χ3v) is 8.36. The average molecular weight is 541 g/mol. The van der Waals surface area contributed by atoms with E-state index in [1.165, 1.54) is 29.2 Å². The van der Waals surface area contributed by atoms with E-state index in [1.54, 1.807) is 0 Å². The molecule has 0 bridgehead atoms. The van der Waals surface area contributed by atoms with Gasteiger partial charge in [-0.3, -0.25) is 9.59 Å². The zero-order valence-corrected chi connectivity index (χ0v) is 20.5. The van der Waals surface area contributed by atoms with Crippen LogP contribution in [-0.4, -0.2) is 56.7 Å². The zero-order chi connectivity index (χ0) is 26.7. The summed E-state index contributed by atoms with van der Waals surface area (Å²) in [6, 6.07) is 5.80. The van der Waals surface area contributed by atoms with Crippen LogP contribution in [-0.2, 0) is 25.5 Å². The third-order valence-electron chi connectivity index (χ3n) is 7.25. The number of ether oxygens (including phenoxy) is 1. The molecule has 2 saturated heterocycles. The van der Waals surface area contributed by atoms with Crippen molar-refractivity contribution < 1.29 is 40.3 Å². The van der Waals surface area contributed by atoms with Crippen molar-refractivity contribution in [3.05, 3.63) is 65.0 Å². The first-order chi connectivity index (χ1) is 17.3. The number of nitrogens with zero attached hydrogens (tertiary/aromatic N) is 1. The maximum Gasteiger partial charge on any atom is 0.416 e. The number of piperidine rings is 1. The smallest absolute Gasteiger partial charge is 0.381 e. The molecular weight excluding hydrogens is 516 g/mol. The van der Waals surface area contributed by atoms with Gasteiger partial charge in [0.15, 0.2) is 9.84 Å². The number of alkyl halides is 3. The normalized spacial score (nSPS) is 24.2. The molecule has 12 heteroatoms. The lowest BCUT2D eigenvalue weighted by Gasteiger charge is -2.36. The Labute approximate surface area is 210 Å². The standard InChI is InChI=1S/C25H24F4N2O5S/c1-37(34,35)17-4-2-3-13(7-17)24(33)31-20-8-14(20)9-21(31)23(32)30-22(15-11-36-12-15)18-6-5-16(10-19(18)26)25(27,28)29/h2-7,10,14-15,20-22H,8-9,11-12H2,1H3,(H,30,32)/t14-,20-,21-,22?/m1/s1. The fourth-order valence-electron chi connectivity index (χ4n) is 5.09. The Morgan fingerprint density at radius 1 is 1.11 bits per heavy atom. The monoisotopic (exact) mass is 540 g/mol. The van der Waals surface area contributed by atoms with Crippen molar-refractivity contribution in [1.82, 2.24) is 10.2 Å². The molecule has 7 nitrogen and oxygen atoms in total. The van der Waals surface area contributed by atoms with Crippen molar-refractivity contribution in [3.8, 4) is 0 Å². The Bertz CT molecular complexity index is 1360. The van der Waals surface area contributed by atoms with Crippen LogP contribution in [0.25, 0.3) is 0 Å². The van der Waals surface area contributed by atoms with Gasteiger partial charge in [-0.05, 0) is 49.1 Å². The minimum absolute atomic E-state index is 0.0197. The van der Waals surface area contributed by atoms with Crippen LogP contribution < -0.4 is 5.32 Å². The van der Waals surface area contributed by atoms with Crippen LogP contribution in [0.3, 0.4) is 0 Å². The third kappa shape index (κ3) is 4.96. The first-order valence-electron chi connectivity index (χ1n) is 11.7. The van der Waals surface area contributed by atoms with Gasteiger partial charge in [0.25, 0.3) is 5.91 Å². The number of hydrogen-bond donors (Lipinski definition) is 1. The van der Waals surface area contributed by atoms with E-state index in [9.17, 15) is 35.6 Å². The molecule has 2 aromatic rings. The van der Waals surface area contributed by atoms with E-state index in [1.807, 2.05) is 0 Å². The Morgan fingerprint density at radius 3 is 2.43 bits per heavy atom. The molecule has 198 valence electrons. The van der Waals surface area contributed by atoms with E-state index in [2.05, 4.69) is 5.32 Å². The number of hydrogen-bond acceptors (Lipinski definition) is 5. The van der Waals surface area contributed by atoms with Gasteiger partial charge in [-0.25, -0.2) is 12.8 Å². The number of nitrogens with one attached hydrogen (secondary N) is 1. The Hall–Kier alpha value is -2.99. The molecule has 0 radical (unpaired) electrons. The Morgan fingerprint density at radius 2 is 1.84 bits per heavy atom. The number of fused-ring (bicyclic) bond motifs is 1. The van der Waals surface area contributed by atoms with Crippen LogP contribution in [0.15, 0.2) is 47.4 Å². The first kappa shape index (κ1) is 25.7. The number of carbonyl (C=O) groups excluding carboxylic acids is 2. The fraction of sp³-hybridized carbons (Fsp3) is 0.440. The van der Waals surface area contributed by atoms with Gasteiger partial charge >= 0.3 is 6.18 Å². The van der Waals surface area contributed by atoms with Crippen LogP contribution >= 0.6 is 0 Å². The molecule has 1 N–H and O–H groups in total. The number of halogens is 4. The van der Waals surface area contributed by atoms with Crippen LogP contribution in [0.4, 0.5) is 17.6 Å². The maximum atomic E-state index is 14.8. The molecule has 2 aliphatic heterocycles. The average Bonchev–Trinajstić information content (AvgIpc) is 3.45. The number of likely N-dealkylation sites (tertiary alicyclic amines) is 1. The van der Waals surface area contributed by atoms with Gasteiger partial charge in [-0.2, -0.15) is 13.2 Å². The van der Waals surface area contributed by atoms with Crippen molar-refractivity contribution >= 4 is 21.7 Å². The number of rotatable bonds is 6. The van der Waals surface area contributed by atoms with Crippen molar-refractivity contribution in [2.45, 2.75) is 42.0 Å². The van der Waals surface area contributed by atoms with E-state index in [0.29, 0.717) is 18.9 Å². The summed E-state index contributed by atoms with van der Waals surface area (Å²) in [6.07, 6.45) is -2.58. The fourth-order valence-corrected chi connectivity index (χ4v) is 5.76. The second-order valence-corrected chi connectivity index (χ2v) is 11.9. The molecule has 4 atom stereocenters. The highest BCUT2D eigenvalue weighted by Crippen LogP contribution is 2.48. The highest BCUT2D eigenvalue weighted by Gasteiger charge is 2.56. The van der Waals surface area contributed by atoms with Gasteiger partial charge in [0.2, 0.25) is 5.91 Å². The molecule has 5 rings (SSSR count). The van der Waals surface area contributed by atoms with Crippen LogP contribution in [0.1, 0.15) is 40.4 Å². The molecule has 1 aliphatic carbocycles. The quantitative estimate of drug-likeness (QED) is 0.568. The van der Waals surface area contributed by atoms with E-state index in [4.69, 9.17) is 4.74 Å². The van der Waals surface area contributed by atoms with E-state index >= 15 is 0 Å². The summed E-state index contributed by atoms with van der Waals surface area (Å²) in [4.78, 5) is 28.2. The van der Waals surface area contributed by atoms with Crippen molar-refractivity contribution in [1.29, 1.82) is 0 Å². The highest BCUT2D eigenvalue weighted by molar-refractivity contribution is 7.90. The highest BCUT2D eigenvalue weighted by atomic mass is 32.2. The molecule has 2 heterocycles. The van der Waals surface area contributed by atoms with E-state index in [-0.39, 0.29) is 47.1 Å². The van der Waals surface area contributed by atoms with Gasteiger partial charge in [-0.1, -0.05) is 12.1 Å². The minimum Gasteiger partial charge on any atom is -0.381 e. The minimum atomic E-state index is -4.71. The molecule has 1 saturated carbocycles. The van der Waals surface area contributed by atoms with Gasteiger partial charge in [0.05, 0.1) is 29.7 Å². The van der Waals surface area contributed by atoms with Gasteiger partial charge < -0.3 is 15.0 Å². The maximum absolute atomic E-state index is 14.8. The Kier molecular flexibility index (Phi) is 6.30. The zero-order valence-electron chi connectivity index (χ0n) is 19.7. The lowest BCUT2D eigenvalue weighted by atomic mass is 9.90. The summed E-state index contributed by atoms with van der Waals surface area (Å²) in [5, 5.41) is 2.76. The molecular formula is C25H24F4N2O5S. The molecule has 3 fully saturated rings. The van der Waals surface area contributed by atoms with Gasteiger partial charge in [-0.15, -0.1) is 0 Å². The lowest BCUT2D eigenvalue weighted by molar-refractivity contribution is -0.138. The SMILES string of the molecule is CS(=O)(=O)c1cccc(C(=O)N2[C@@H](C(=O)NC(c3ccc(C(F)(F)F)cc3F)C3COC3)C[C@H]3C[C@H]32)c1. The van der Waals surface area contributed by atoms with Crippen LogP contribution in [0.5, 0.6) is 0 Å². The lowest BCUT2D eigenvalue weighted by Crippen LogP contribution is -2.51. The Balaban J connectivity index is 1.39. The molecule has 2 amide bonds. The predicted octanol–water partition coefficient (Wildman–Crippen LogP) is 3.35. The van der Waals surface area contributed by atoms with E-state index in [0.717, 1.165) is 18.4 Å². The summed E-state index contributed by atoms with van der Waals surface area (Å²) in [5.74, 6) is -2.35. The summed E-state index contributed by atoms with van der Waals surface area (Å²) < 4.78 is 82.9. The summed E-state index contributed by atoms with van der Waals surface area (Å²) >= 11 is 0. The van der Waals surface area contributed by atoms with Gasteiger partial charge in [0.1, 0.15) is 11.9 Å². The molecule has 0 spiro atoms. The number of sulfone groups is 1. The largest absolute Gasteiger partial charge is 0.416 e. The molecule has 2 aromatic carbocycles. The number of amides is 2. The van der Waals surface area contributed by atoms with Crippen LogP contribution in [0.2, 0.25) is 0 Å². The number of benzene rings is 2. The molecule has 1 unspecified atom stereocenters. The molecule has 37 heavy (non-hydrogen) atoms. The van der Waals surface area contributed by atoms with E-state index < -0.39 is 51.3 Å². The predicted molar refractivity (Wildman–Crippen MR) is 123 cm³/mol. The van der Waals surface area contributed by atoms with Crippen molar-refractivity contribution in [2.75, 3.05) is 19.5 Å². The van der Waals surface area contributed by atoms with Crippen molar-refractivity contribution in [3.63, 3.8) is 0 Å². The summed E-state index contributed by atoms with van der Waals surface area (Å²) in [6.45, 7) is 0.393.